The Kier molecular flexibility index (Phi) is 3.77. The summed E-state index contributed by atoms with van der Waals surface area (Å²) in [5, 5.41) is 0.580. The number of carbonyl (C=O) groups is 1. The molecule has 0 N–H and O–H groups in total. The summed E-state index contributed by atoms with van der Waals surface area (Å²) in [6, 6.07) is 11.0. The van der Waals surface area contributed by atoms with Crippen LogP contribution in [0.5, 0.6) is 0 Å². The number of rotatable bonds is 3. The van der Waals surface area contributed by atoms with Crippen molar-refractivity contribution in [3.63, 3.8) is 0 Å². The highest BCUT2D eigenvalue weighted by atomic mass is 35.5. The van der Waals surface area contributed by atoms with E-state index in [-0.39, 0.29) is 5.78 Å². The first-order chi connectivity index (χ1) is 8.15. The quantitative estimate of drug-likeness (QED) is 0.583. The zero-order valence-electron chi connectivity index (χ0n) is 9.31. The van der Waals surface area contributed by atoms with E-state index in [1.165, 1.54) is 4.88 Å². The third-order valence-electron chi connectivity index (χ3n) is 2.27. The maximum absolute atomic E-state index is 11.8. The molecule has 17 heavy (non-hydrogen) atoms. The van der Waals surface area contributed by atoms with Gasteiger partial charge in [0, 0.05) is 20.3 Å². The predicted molar refractivity (Wildman–Crippen MR) is 73.9 cm³/mol. The van der Waals surface area contributed by atoms with Crippen molar-refractivity contribution in [1.29, 1.82) is 0 Å². The van der Waals surface area contributed by atoms with Crippen LogP contribution in [0.1, 0.15) is 20.1 Å². The second kappa shape index (κ2) is 5.30. The first-order valence-corrected chi connectivity index (χ1v) is 6.39. The molecule has 86 valence electrons. The Bertz CT molecular complexity index is 569. The number of allylic oxidation sites excluding steroid dienone is 1. The third-order valence-corrected chi connectivity index (χ3v) is 3.47. The van der Waals surface area contributed by atoms with Gasteiger partial charge in [-0.1, -0.05) is 23.7 Å². The van der Waals surface area contributed by atoms with Crippen LogP contribution in [0, 0.1) is 6.92 Å². The summed E-state index contributed by atoms with van der Waals surface area (Å²) in [6.45, 7) is 2.04. The Morgan fingerprint density at radius 2 is 2.12 bits per heavy atom. The molecule has 0 fully saturated rings. The molecule has 0 aliphatic carbocycles. The maximum atomic E-state index is 11.8. The Balaban J connectivity index is 2.14. The van der Waals surface area contributed by atoms with Crippen LogP contribution in [0.2, 0.25) is 5.02 Å². The number of halogens is 1. The van der Waals surface area contributed by atoms with Gasteiger partial charge in [0.25, 0.3) is 0 Å². The average molecular weight is 263 g/mol. The SMILES string of the molecule is Cc1ccc(/C=C/C(=O)c2cccc(Cl)c2)s1. The van der Waals surface area contributed by atoms with Crippen molar-refractivity contribution < 1.29 is 4.79 Å². The molecular formula is C14H11ClOS. The number of benzene rings is 1. The monoisotopic (exact) mass is 262 g/mol. The summed E-state index contributed by atoms with van der Waals surface area (Å²) in [5.74, 6) is -0.0291. The first-order valence-electron chi connectivity index (χ1n) is 5.19. The zero-order chi connectivity index (χ0) is 12.3. The Morgan fingerprint density at radius 3 is 2.76 bits per heavy atom. The third kappa shape index (κ3) is 3.29. The second-order valence-electron chi connectivity index (χ2n) is 3.66. The van der Waals surface area contributed by atoms with Gasteiger partial charge in [-0.25, -0.2) is 0 Å². The van der Waals surface area contributed by atoms with Crippen molar-refractivity contribution in [2.75, 3.05) is 0 Å². The van der Waals surface area contributed by atoms with Gasteiger partial charge in [0.05, 0.1) is 0 Å². The van der Waals surface area contributed by atoms with Crippen LogP contribution >= 0.6 is 22.9 Å². The lowest BCUT2D eigenvalue weighted by atomic mass is 10.1. The van der Waals surface area contributed by atoms with Crippen LogP contribution in [0.25, 0.3) is 6.08 Å². The molecule has 1 aromatic carbocycles. The fraction of sp³-hybridized carbons (Fsp3) is 0.0714. The molecule has 0 atom stereocenters. The molecule has 1 nitrogen and oxygen atoms in total. The van der Waals surface area contributed by atoms with E-state index < -0.39 is 0 Å². The van der Waals surface area contributed by atoms with E-state index in [1.54, 1.807) is 41.7 Å². The number of carbonyl (C=O) groups excluding carboxylic acids is 1. The summed E-state index contributed by atoms with van der Waals surface area (Å²) in [7, 11) is 0. The van der Waals surface area contributed by atoms with Crippen LogP contribution < -0.4 is 0 Å². The molecular weight excluding hydrogens is 252 g/mol. The van der Waals surface area contributed by atoms with Gasteiger partial charge in [-0.05, 0) is 43.3 Å². The molecule has 0 bridgehead atoms. The van der Waals surface area contributed by atoms with Gasteiger partial charge in [-0.2, -0.15) is 0 Å². The van der Waals surface area contributed by atoms with Crippen molar-refractivity contribution in [1.82, 2.24) is 0 Å². The van der Waals surface area contributed by atoms with Gasteiger partial charge in [0.15, 0.2) is 5.78 Å². The number of thiophene rings is 1. The fourth-order valence-corrected chi connectivity index (χ4v) is 2.41. The molecule has 0 unspecified atom stereocenters. The van der Waals surface area contributed by atoms with Crippen molar-refractivity contribution in [2.24, 2.45) is 0 Å². The van der Waals surface area contributed by atoms with E-state index in [0.29, 0.717) is 10.6 Å². The van der Waals surface area contributed by atoms with E-state index in [4.69, 9.17) is 11.6 Å². The van der Waals surface area contributed by atoms with Gasteiger partial charge >= 0.3 is 0 Å². The molecule has 2 rings (SSSR count). The largest absolute Gasteiger partial charge is 0.289 e. The molecule has 0 radical (unpaired) electrons. The van der Waals surface area contributed by atoms with Gasteiger partial charge in [-0.3, -0.25) is 4.79 Å². The Morgan fingerprint density at radius 1 is 1.29 bits per heavy atom. The van der Waals surface area contributed by atoms with Crippen molar-refractivity contribution in [2.45, 2.75) is 6.92 Å². The van der Waals surface area contributed by atoms with Crippen LogP contribution in [0.4, 0.5) is 0 Å². The van der Waals surface area contributed by atoms with Gasteiger partial charge in [0.2, 0.25) is 0 Å². The molecule has 2 aromatic rings. The molecule has 0 amide bonds. The number of hydrogen-bond donors (Lipinski definition) is 0. The van der Waals surface area contributed by atoms with Gasteiger partial charge < -0.3 is 0 Å². The van der Waals surface area contributed by atoms with Crippen LogP contribution in [0.3, 0.4) is 0 Å². The summed E-state index contributed by atoms with van der Waals surface area (Å²) in [6.07, 6.45) is 3.41. The molecule has 0 saturated heterocycles. The molecule has 3 heteroatoms. The Labute approximate surface area is 109 Å². The van der Waals surface area contributed by atoms with E-state index in [1.807, 2.05) is 25.1 Å². The number of aryl methyl sites for hydroxylation is 1. The first kappa shape index (κ1) is 12.1. The smallest absolute Gasteiger partial charge is 0.185 e. The molecule has 0 aliphatic heterocycles. The lowest BCUT2D eigenvalue weighted by Gasteiger charge is -1.95. The Hall–Kier alpha value is -1.38. The number of hydrogen-bond acceptors (Lipinski definition) is 2. The highest BCUT2D eigenvalue weighted by Crippen LogP contribution is 2.17. The second-order valence-corrected chi connectivity index (χ2v) is 5.41. The summed E-state index contributed by atoms with van der Waals surface area (Å²) in [4.78, 5) is 14.2. The minimum Gasteiger partial charge on any atom is -0.289 e. The minimum absolute atomic E-state index is 0.0291. The predicted octanol–water partition coefficient (Wildman–Crippen LogP) is 4.61. The lowest BCUT2D eigenvalue weighted by Crippen LogP contribution is -1.92. The lowest BCUT2D eigenvalue weighted by molar-refractivity contribution is 0.104. The summed E-state index contributed by atoms with van der Waals surface area (Å²) in [5.41, 5.74) is 0.613. The van der Waals surface area contributed by atoms with Gasteiger partial charge in [-0.15, -0.1) is 11.3 Å². The average Bonchev–Trinajstić information content (AvgIpc) is 2.72. The van der Waals surface area contributed by atoms with Crippen molar-refractivity contribution >= 4 is 34.8 Å². The van der Waals surface area contributed by atoms with Crippen molar-refractivity contribution in [3.8, 4) is 0 Å². The number of ketones is 1. The topological polar surface area (TPSA) is 17.1 Å². The fourth-order valence-electron chi connectivity index (χ4n) is 1.44. The summed E-state index contributed by atoms with van der Waals surface area (Å²) < 4.78 is 0. The van der Waals surface area contributed by atoms with E-state index >= 15 is 0 Å². The standard InChI is InChI=1S/C14H11ClOS/c1-10-5-6-13(17-10)7-8-14(16)11-3-2-4-12(15)9-11/h2-9H,1H3/b8-7+. The van der Waals surface area contributed by atoms with Crippen LogP contribution in [0.15, 0.2) is 42.5 Å². The van der Waals surface area contributed by atoms with Crippen LogP contribution in [-0.2, 0) is 0 Å². The highest BCUT2D eigenvalue weighted by molar-refractivity contribution is 7.12. The highest BCUT2D eigenvalue weighted by Gasteiger charge is 2.02. The zero-order valence-corrected chi connectivity index (χ0v) is 10.9. The van der Waals surface area contributed by atoms with Gasteiger partial charge in [0.1, 0.15) is 0 Å². The minimum atomic E-state index is -0.0291. The molecule has 1 aromatic heterocycles. The normalized spacial score (nSPS) is 10.9. The molecule has 0 spiro atoms. The summed E-state index contributed by atoms with van der Waals surface area (Å²) >= 11 is 7.50. The molecule has 0 saturated carbocycles. The van der Waals surface area contributed by atoms with Crippen LogP contribution in [-0.4, -0.2) is 5.78 Å². The maximum Gasteiger partial charge on any atom is 0.185 e. The van der Waals surface area contributed by atoms with E-state index in [0.717, 1.165) is 4.88 Å². The molecule has 1 heterocycles. The van der Waals surface area contributed by atoms with E-state index in [9.17, 15) is 4.79 Å². The molecule has 0 aliphatic rings. The van der Waals surface area contributed by atoms with Crippen molar-refractivity contribution in [3.05, 3.63) is 62.8 Å². The van der Waals surface area contributed by atoms with E-state index in [2.05, 4.69) is 0 Å².